The Morgan fingerprint density at radius 1 is 1.21 bits per heavy atom. The molecule has 0 aliphatic carbocycles. The van der Waals surface area contributed by atoms with Crippen LogP contribution in [0, 0.1) is 0 Å². The molecule has 2 heterocycles. The van der Waals surface area contributed by atoms with Crippen molar-refractivity contribution in [2.45, 2.75) is 6.10 Å². The molecule has 0 amide bonds. The van der Waals surface area contributed by atoms with Crippen molar-refractivity contribution in [3.63, 3.8) is 0 Å². The van der Waals surface area contributed by atoms with Gasteiger partial charge in [0.05, 0.1) is 13.2 Å². The van der Waals surface area contributed by atoms with Crippen LogP contribution in [0.1, 0.15) is 10.4 Å². The third-order valence-electron chi connectivity index (χ3n) is 3.37. The molecule has 0 saturated carbocycles. The van der Waals surface area contributed by atoms with Gasteiger partial charge in [-0.05, 0) is 12.1 Å². The minimum Gasteiger partial charge on any atom is -0.489 e. The van der Waals surface area contributed by atoms with Crippen LogP contribution in [0.5, 0.6) is 5.75 Å². The first-order chi connectivity index (χ1) is 9.33. The molecule has 3 rings (SSSR count). The molecular weight excluding hydrogens is 246 g/mol. The minimum atomic E-state index is -0.300. The molecule has 1 aromatic carbocycles. The largest absolute Gasteiger partial charge is 0.489 e. The van der Waals surface area contributed by atoms with Gasteiger partial charge in [0, 0.05) is 19.6 Å². The van der Waals surface area contributed by atoms with Gasteiger partial charge in [-0.2, -0.15) is 0 Å². The molecule has 2 aliphatic heterocycles. The maximum Gasteiger partial charge on any atom is 0.342 e. The second-order valence-electron chi connectivity index (χ2n) is 4.75. The molecule has 0 N–H and O–H groups in total. The summed E-state index contributed by atoms with van der Waals surface area (Å²) in [4.78, 5) is 14.2. The maximum absolute atomic E-state index is 12.0. The van der Waals surface area contributed by atoms with Gasteiger partial charge in [-0.1, -0.05) is 12.1 Å². The van der Waals surface area contributed by atoms with Gasteiger partial charge in [0.2, 0.25) is 0 Å². The molecule has 1 saturated heterocycles. The predicted octanol–water partition coefficient (Wildman–Crippen LogP) is 0.937. The average molecular weight is 263 g/mol. The number of nitrogens with zero attached hydrogens (tertiary/aromatic N) is 1. The standard InChI is InChI=1S/C14H17NO4/c16-14-12-3-1-2-4-13(12)18-10-11(19-14)9-15-5-7-17-8-6-15/h1-4,11H,5-10H2. The summed E-state index contributed by atoms with van der Waals surface area (Å²) in [7, 11) is 0. The van der Waals surface area contributed by atoms with Crippen molar-refractivity contribution in [1.29, 1.82) is 0 Å². The fourth-order valence-electron chi connectivity index (χ4n) is 2.35. The van der Waals surface area contributed by atoms with Crippen LogP contribution in [0.4, 0.5) is 0 Å². The lowest BCUT2D eigenvalue weighted by atomic mass is 10.2. The Bertz CT molecular complexity index is 457. The van der Waals surface area contributed by atoms with E-state index < -0.39 is 0 Å². The molecule has 0 aromatic heterocycles. The van der Waals surface area contributed by atoms with Crippen LogP contribution in [-0.4, -0.2) is 56.4 Å². The second-order valence-corrected chi connectivity index (χ2v) is 4.75. The van der Waals surface area contributed by atoms with E-state index in [0.29, 0.717) is 24.5 Å². The van der Waals surface area contributed by atoms with E-state index in [9.17, 15) is 4.79 Å². The number of hydrogen-bond donors (Lipinski definition) is 0. The molecule has 1 fully saturated rings. The fraction of sp³-hybridized carbons (Fsp3) is 0.500. The summed E-state index contributed by atoms with van der Waals surface area (Å²) in [6.45, 7) is 4.33. The summed E-state index contributed by atoms with van der Waals surface area (Å²) in [5.74, 6) is 0.309. The maximum atomic E-state index is 12.0. The molecular formula is C14H17NO4. The number of carbonyl (C=O) groups excluding carboxylic acids is 1. The Kier molecular flexibility index (Phi) is 3.66. The van der Waals surface area contributed by atoms with E-state index in [1.54, 1.807) is 12.1 Å². The Labute approximate surface area is 112 Å². The molecule has 1 unspecified atom stereocenters. The Balaban J connectivity index is 1.66. The molecule has 102 valence electrons. The smallest absolute Gasteiger partial charge is 0.342 e. The number of morpholine rings is 1. The summed E-state index contributed by atoms with van der Waals surface area (Å²) in [5, 5.41) is 0. The van der Waals surface area contributed by atoms with Crippen molar-refractivity contribution in [3.05, 3.63) is 29.8 Å². The molecule has 0 radical (unpaired) electrons. The monoisotopic (exact) mass is 263 g/mol. The SMILES string of the molecule is O=C1OC(CN2CCOCC2)COc2ccccc21. The summed E-state index contributed by atoms with van der Waals surface area (Å²) in [6, 6.07) is 7.20. The molecule has 2 aliphatic rings. The topological polar surface area (TPSA) is 48.0 Å². The number of esters is 1. The number of para-hydroxylation sites is 1. The van der Waals surface area contributed by atoms with E-state index in [1.165, 1.54) is 0 Å². The zero-order chi connectivity index (χ0) is 13.1. The van der Waals surface area contributed by atoms with Crippen LogP contribution >= 0.6 is 0 Å². The number of ether oxygens (including phenoxy) is 3. The highest BCUT2D eigenvalue weighted by Crippen LogP contribution is 2.23. The van der Waals surface area contributed by atoms with Gasteiger partial charge < -0.3 is 14.2 Å². The third-order valence-corrected chi connectivity index (χ3v) is 3.37. The fourth-order valence-corrected chi connectivity index (χ4v) is 2.35. The van der Waals surface area contributed by atoms with Crippen molar-refractivity contribution < 1.29 is 19.0 Å². The van der Waals surface area contributed by atoms with Crippen molar-refractivity contribution >= 4 is 5.97 Å². The first-order valence-electron chi connectivity index (χ1n) is 6.56. The first-order valence-corrected chi connectivity index (χ1v) is 6.56. The van der Waals surface area contributed by atoms with Crippen molar-refractivity contribution in [2.75, 3.05) is 39.5 Å². The highest BCUT2D eigenvalue weighted by molar-refractivity contribution is 5.92. The highest BCUT2D eigenvalue weighted by Gasteiger charge is 2.26. The Hall–Kier alpha value is -1.59. The van der Waals surface area contributed by atoms with Crippen molar-refractivity contribution in [1.82, 2.24) is 4.90 Å². The zero-order valence-corrected chi connectivity index (χ0v) is 10.7. The van der Waals surface area contributed by atoms with Crippen LogP contribution in [0.3, 0.4) is 0 Å². The van der Waals surface area contributed by atoms with Gasteiger partial charge in [0.15, 0.2) is 0 Å². The molecule has 0 bridgehead atoms. The van der Waals surface area contributed by atoms with Gasteiger partial charge in [-0.3, -0.25) is 4.90 Å². The molecule has 19 heavy (non-hydrogen) atoms. The van der Waals surface area contributed by atoms with E-state index in [4.69, 9.17) is 14.2 Å². The van der Waals surface area contributed by atoms with Crippen molar-refractivity contribution in [2.24, 2.45) is 0 Å². The van der Waals surface area contributed by atoms with E-state index in [2.05, 4.69) is 4.90 Å². The van der Waals surface area contributed by atoms with Gasteiger partial charge >= 0.3 is 5.97 Å². The van der Waals surface area contributed by atoms with Gasteiger partial charge in [-0.15, -0.1) is 0 Å². The average Bonchev–Trinajstić information content (AvgIpc) is 2.60. The van der Waals surface area contributed by atoms with Crippen LogP contribution in [0.2, 0.25) is 0 Å². The van der Waals surface area contributed by atoms with Crippen LogP contribution in [0.25, 0.3) is 0 Å². The van der Waals surface area contributed by atoms with E-state index in [0.717, 1.165) is 26.3 Å². The normalized spacial score (nSPS) is 24.0. The molecule has 0 spiro atoms. The number of fused-ring (bicyclic) bond motifs is 1. The van der Waals surface area contributed by atoms with E-state index >= 15 is 0 Å². The number of hydrogen-bond acceptors (Lipinski definition) is 5. The Morgan fingerprint density at radius 2 is 2.00 bits per heavy atom. The summed E-state index contributed by atoms with van der Waals surface area (Å²) >= 11 is 0. The lowest BCUT2D eigenvalue weighted by Gasteiger charge is -2.29. The van der Waals surface area contributed by atoms with Crippen LogP contribution < -0.4 is 4.74 Å². The first kappa shape index (κ1) is 12.4. The second kappa shape index (κ2) is 5.59. The quantitative estimate of drug-likeness (QED) is 0.743. The molecule has 5 nitrogen and oxygen atoms in total. The summed E-state index contributed by atoms with van der Waals surface area (Å²) in [5.41, 5.74) is 0.506. The number of carbonyl (C=O) groups is 1. The molecule has 1 aromatic rings. The van der Waals surface area contributed by atoms with Gasteiger partial charge in [-0.25, -0.2) is 4.79 Å². The van der Waals surface area contributed by atoms with E-state index in [1.807, 2.05) is 12.1 Å². The molecule has 1 atom stereocenters. The summed E-state index contributed by atoms with van der Waals surface area (Å²) < 4.78 is 16.5. The van der Waals surface area contributed by atoms with Crippen molar-refractivity contribution in [3.8, 4) is 5.75 Å². The molecule has 5 heteroatoms. The third kappa shape index (κ3) is 2.88. The Morgan fingerprint density at radius 3 is 2.84 bits per heavy atom. The summed E-state index contributed by atoms with van der Waals surface area (Å²) in [6.07, 6.45) is -0.224. The van der Waals surface area contributed by atoms with Gasteiger partial charge in [0.1, 0.15) is 24.0 Å². The highest BCUT2D eigenvalue weighted by atomic mass is 16.6. The number of rotatable bonds is 2. The van der Waals surface area contributed by atoms with Crippen LogP contribution in [-0.2, 0) is 9.47 Å². The van der Waals surface area contributed by atoms with E-state index in [-0.39, 0.29) is 12.1 Å². The minimum absolute atomic E-state index is 0.224. The predicted molar refractivity (Wildman–Crippen MR) is 68.4 cm³/mol. The lowest BCUT2D eigenvalue weighted by Crippen LogP contribution is -2.43. The number of benzene rings is 1. The lowest BCUT2D eigenvalue weighted by molar-refractivity contribution is -0.0111. The van der Waals surface area contributed by atoms with Crippen LogP contribution in [0.15, 0.2) is 24.3 Å². The number of cyclic esters (lactones) is 1. The zero-order valence-electron chi connectivity index (χ0n) is 10.7. The van der Waals surface area contributed by atoms with Gasteiger partial charge in [0.25, 0.3) is 0 Å².